The third-order valence-corrected chi connectivity index (χ3v) is 3.79. The van der Waals surface area contributed by atoms with Crippen molar-refractivity contribution in [3.05, 3.63) is 42.0 Å². The maximum Gasteiger partial charge on any atom is 0.139 e. The third kappa shape index (κ3) is 1.87. The number of hydrogen-bond acceptors (Lipinski definition) is 2. The Bertz CT molecular complexity index is 775. The molecule has 0 bridgehead atoms. The molecule has 0 aliphatic heterocycles. The zero-order chi connectivity index (χ0) is 14.5. The second kappa shape index (κ2) is 4.27. The number of benzene rings is 2. The van der Waals surface area contributed by atoms with Gasteiger partial charge < -0.3 is 9.32 Å². The molecule has 3 aromatic rings. The Morgan fingerprint density at radius 1 is 0.950 bits per heavy atom. The zero-order valence-corrected chi connectivity index (χ0v) is 12.8. The molecule has 0 aliphatic carbocycles. The summed E-state index contributed by atoms with van der Waals surface area (Å²) in [6.45, 7) is 6.67. The molecule has 0 N–H and O–H groups in total. The summed E-state index contributed by atoms with van der Waals surface area (Å²) in [6, 6.07) is 12.7. The van der Waals surface area contributed by atoms with Crippen LogP contribution < -0.4 is 4.90 Å². The van der Waals surface area contributed by atoms with Crippen molar-refractivity contribution in [3.63, 3.8) is 0 Å². The van der Waals surface area contributed by atoms with Crippen LogP contribution in [0.3, 0.4) is 0 Å². The van der Waals surface area contributed by atoms with Crippen molar-refractivity contribution in [2.24, 2.45) is 0 Å². The van der Waals surface area contributed by atoms with E-state index < -0.39 is 0 Å². The third-order valence-electron chi connectivity index (χ3n) is 3.79. The molecule has 0 unspecified atom stereocenters. The van der Waals surface area contributed by atoms with Gasteiger partial charge in [-0.1, -0.05) is 45.0 Å². The van der Waals surface area contributed by atoms with Gasteiger partial charge >= 0.3 is 0 Å². The Morgan fingerprint density at radius 2 is 1.65 bits per heavy atom. The van der Waals surface area contributed by atoms with E-state index in [9.17, 15) is 0 Å². The van der Waals surface area contributed by atoms with E-state index in [4.69, 9.17) is 4.42 Å². The average molecular weight is 267 g/mol. The van der Waals surface area contributed by atoms with Crippen molar-refractivity contribution in [2.45, 2.75) is 26.2 Å². The number of anilines is 1. The second-order valence-electron chi connectivity index (χ2n) is 6.58. The summed E-state index contributed by atoms with van der Waals surface area (Å²) in [7, 11) is 4.14. The van der Waals surface area contributed by atoms with E-state index in [0.29, 0.717) is 0 Å². The number of hydrogen-bond donors (Lipinski definition) is 0. The lowest BCUT2D eigenvalue weighted by Gasteiger charge is -2.19. The molecule has 0 spiro atoms. The maximum atomic E-state index is 6.17. The van der Waals surface area contributed by atoms with Gasteiger partial charge in [0.2, 0.25) is 0 Å². The predicted molar refractivity (Wildman–Crippen MR) is 86.7 cm³/mol. The largest absolute Gasteiger partial charge is 0.456 e. The van der Waals surface area contributed by atoms with Gasteiger partial charge in [0.1, 0.15) is 11.2 Å². The topological polar surface area (TPSA) is 16.4 Å². The standard InChI is InChI=1S/C18H21NO/c1-18(2,3)13-9-6-8-12-16-14(19(4)5)10-7-11-15(16)20-17(12)13/h6-11H,1-5H3. The highest BCUT2D eigenvalue weighted by Gasteiger charge is 2.21. The van der Waals surface area contributed by atoms with Gasteiger partial charge in [-0.25, -0.2) is 0 Å². The molecular formula is C18H21NO. The van der Waals surface area contributed by atoms with Gasteiger partial charge in [0, 0.05) is 30.7 Å². The van der Waals surface area contributed by atoms with Gasteiger partial charge in [-0.3, -0.25) is 0 Å². The van der Waals surface area contributed by atoms with E-state index in [0.717, 1.165) is 11.2 Å². The van der Waals surface area contributed by atoms with Crippen LogP contribution in [0.25, 0.3) is 21.9 Å². The number of furan rings is 1. The quantitative estimate of drug-likeness (QED) is 0.620. The summed E-state index contributed by atoms with van der Waals surface area (Å²) < 4.78 is 6.17. The highest BCUT2D eigenvalue weighted by atomic mass is 16.3. The van der Waals surface area contributed by atoms with Crippen LogP contribution >= 0.6 is 0 Å². The molecule has 0 saturated carbocycles. The highest BCUT2D eigenvalue weighted by Crippen LogP contribution is 2.39. The molecule has 2 heteroatoms. The molecule has 1 aromatic heterocycles. The van der Waals surface area contributed by atoms with E-state index in [1.54, 1.807) is 0 Å². The summed E-state index contributed by atoms with van der Waals surface area (Å²) in [4.78, 5) is 2.14. The lowest BCUT2D eigenvalue weighted by molar-refractivity contribution is 0.573. The van der Waals surface area contributed by atoms with E-state index >= 15 is 0 Å². The summed E-state index contributed by atoms with van der Waals surface area (Å²) >= 11 is 0. The smallest absolute Gasteiger partial charge is 0.139 e. The molecule has 0 aliphatic rings. The van der Waals surface area contributed by atoms with Crippen molar-refractivity contribution in [1.29, 1.82) is 0 Å². The first-order valence-corrected chi connectivity index (χ1v) is 7.01. The molecule has 2 aromatic carbocycles. The number of para-hydroxylation sites is 1. The highest BCUT2D eigenvalue weighted by molar-refractivity contribution is 6.12. The van der Waals surface area contributed by atoms with Crippen molar-refractivity contribution in [1.82, 2.24) is 0 Å². The first-order chi connectivity index (χ1) is 9.39. The lowest BCUT2D eigenvalue weighted by atomic mass is 9.86. The van der Waals surface area contributed by atoms with Gasteiger partial charge in [0.05, 0.1) is 5.39 Å². The van der Waals surface area contributed by atoms with Gasteiger partial charge in [-0.15, -0.1) is 0 Å². The Balaban J connectivity index is 2.47. The fourth-order valence-electron chi connectivity index (χ4n) is 2.79. The van der Waals surface area contributed by atoms with Crippen molar-refractivity contribution >= 4 is 27.6 Å². The molecule has 1 heterocycles. The van der Waals surface area contributed by atoms with Crippen molar-refractivity contribution in [3.8, 4) is 0 Å². The molecule has 2 nitrogen and oxygen atoms in total. The first kappa shape index (κ1) is 13.0. The predicted octanol–water partition coefficient (Wildman–Crippen LogP) is 4.95. The lowest BCUT2D eigenvalue weighted by Crippen LogP contribution is -2.11. The van der Waals surface area contributed by atoms with Gasteiger partial charge in [-0.2, -0.15) is 0 Å². The van der Waals surface area contributed by atoms with E-state index in [2.05, 4.69) is 76.2 Å². The van der Waals surface area contributed by atoms with Crippen LogP contribution in [0, 0.1) is 0 Å². The van der Waals surface area contributed by atoms with E-state index in [-0.39, 0.29) is 5.41 Å². The Hall–Kier alpha value is -1.96. The Kier molecular flexibility index (Phi) is 2.79. The fourth-order valence-corrected chi connectivity index (χ4v) is 2.79. The van der Waals surface area contributed by atoms with Crippen LogP contribution in [0.2, 0.25) is 0 Å². The maximum absolute atomic E-state index is 6.17. The first-order valence-electron chi connectivity index (χ1n) is 7.01. The molecule has 0 radical (unpaired) electrons. The molecule has 0 atom stereocenters. The summed E-state index contributed by atoms with van der Waals surface area (Å²) in [5, 5.41) is 2.41. The van der Waals surface area contributed by atoms with Crippen LogP contribution in [0.1, 0.15) is 26.3 Å². The second-order valence-corrected chi connectivity index (χ2v) is 6.58. The number of fused-ring (bicyclic) bond motifs is 3. The summed E-state index contributed by atoms with van der Waals surface area (Å²) in [6.07, 6.45) is 0. The molecule has 104 valence electrons. The minimum Gasteiger partial charge on any atom is -0.456 e. The fraction of sp³-hybridized carbons (Fsp3) is 0.333. The minimum absolute atomic E-state index is 0.0751. The monoisotopic (exact) mass is 267 g/mol. The van der Waals surface area contributed by atoms with Crippen LogP contribution in [0.4, 0.5) is 5.69 Å². The van der Waals surface area contributed by atoms with E-state index in [1.165, 1.54) is 22.0 Å². The Labute approximate surface area is 120 Å². The molecule has 3 rings (SSSR count). The average Bonchev–Trinajstić information content (AvgIpc) is 2.75. The molecule has 0 amide bonds. The van der Waals surface area contributed by atoms with Crippen LogP contribution in [0.15, 0.2) is 40.8 Å². The van der Waals surface area contributed by atoms with Gasteiger partial charge in [-0.05, 0) is 17.5 Å². The molecule has 20 heavy (non-hydrogen) atoms. The zero-order valence-electron chi connectivity index (χ0n) is 12.8. The SMILES string of the molecule is CN(C)c1cccc2oc3c(C(C)(C)C)cccc3c12. The van der Waals surface area contributed by atoms with Crippen molar-refractivity contribution in [2.75, 3.05) is 19.0 Å². The number of rotatable bonds is 1. The molecular weight excluding hydrogens is 246 g/mol. The summed E-state index contributed by atoms with van der Waals surface area (Å²) in [5.74, 6) is 0. The minimum atomic E-state index is 0.0751. The van der Waals surface area contributed by atoms with Crippen molar-refractivity contribution < 1.29 is 4.42 Å². The number of nitrogens with zero attached hydrogens (tertiary/aromatic N) is 1. The van der Waals surface area contributed by atoms with Gasteiger partial charge in [0.15, 0.2) is 0 Å². The Morgan fingerprint density at radius 3 is 2.30 bits per heavy atom. The van der Waals surface area contributed by atoms with Crippen LogP contribution in [-0.4, -0.2) is 14.1 Å². The van der Waals surface area contributed by atoms with Gasteiger partial charge in [0.25, 0.3) is 0 Å². The van der Waals surface area contributed by atoms with Crippen LogP contribution in [0.5, 0.6) is 0 Å². The van der Waals surface area contributed by atoms with Crippen LogP contribution in [-0.2, 0) is 5.41 Å². The normalized spacial score (nSPS) is 12.2. The summed E-state index contributed by atoms with van der Waals surface area (Å²) in [5.41, 5.74) is 4.52. The molecule has 0 fully saturated rings. The molecule has 0 saturated heterocycles. The van der Waals surface area contributed by atoms with E-state index in [1.807, 2.05) is 0 Å².